The van der Waals surface area contributed by atoms with Gasteiger partial charge in [0.15, 0.2) is 0 Å². The highest BCUT2D eigenvalue weighted by molar-refractivity contribution is 7.92. The summed E-state index contributed by atoms with van der Waals surface area (Å²) >= 11 is 12.1. The number of nitrogens with zero attached hydrogens (tertiary/aromatic N) is 2. The van der Waals surface area contributed by atoms with E-state index in [0.29, 0.717) is 23.0 Å². The summed E-state index contributed by atoms with van der Waals surface area (Å²) in [5.74, 6) is -0.591. The van der Waals surface area contributed by atoms with Crippen molar-refractivity contribution in [1.29, 1.82) is 0 Å². The van der Waals surface area contributed by atoms with Crippen LogP contribution in [-0.2, 0) is 26.2 Å². The van der Waals surface area contributed by atoms with Crippen LogP contribution in [0.5, 0.6) is 0 Å². The Balaban J connectivity index is 2.02. The van der Waals surface area contributed by atoms with Crippen molar-refractivity contribution < 1.29 is 18.0 Å². The molecular formula is C29H33Cl2N3O4S. The van der Waals surface area contributed by atoms with Crippen molar-refractivity contribution in [2.24, 2.45) is 5.92 Å². The van der Waals surface area contributed by atoms with Gasteiger partial charge in [0, 0.05) is 23.1 Å². The fourth-order valence-electron chi connectivity index (χ4n) is 3.98. The Kier molecular flexibility index (Phi) is 10.8. The second-order valence-electron chi connectivity index (χ2n) is 9.51. The normalized spacial score (nSPS) is 12.2. The molecule has 0 radical (unpaired) electrons. The van der Waals surface area contributed by atoms with Gasteiger partial charge >= 0.3 is 0 Å². The fraction of sp³-hybridized carbons (Fsp3) is 0.310. The molecule has 1 unspecified atom stereocenters. The number of sulfonamides is 1. The predicted octanol–water partition coefficient (Wildman–Crippen LogP) is 5.77. The molecule has 0 aliphatic heterocycles. The molecule has 1 N–H and O–H groups in total. The first kappa shape index (κ1) is 30.5. The molecule has 10 heteroatoms. The second kappa shape index (κ2) is 13.8. The predicted molar refractivity (Wildman–Crippen MR) is 156 cm³/mol. The van der Waals surface area contributed by atoms with E-state index in [4.69, 9.17) is 23.2 Å². The average Bonchev–Trinajstić information content (AvgIpc) is 2.92. The third-order valence-electron chi connectivity index (χ3n) is 6.06. The van der Waals surface area contributed by atoms with Gasteiger partial charge in [-0.15, -0.1) is 0 Å². The van der Waals surface area contributed by atoms with Gasteiger partial charge in [0.1, 0.15) is 12.6 Å². The minimum absolute atomic E-state index is 0.0405. The van der Waals surface area contributed by atoms with Gasteiger partial charge in [0.25, 0.3) is 10.0 Å². The lowest BCUT2D eigenvalue weighted by Crippen LogP contribution is -2.52. The molecule has 2 amide bonds. The van der Waals surface area contributed by atoms with Crippen molar-refractivity contribution in [1.82, 2.24) is 10.2 Å². The first-order valence-corrected chi connectivity index (χ1v) is 14.9. The number of benzene rings is 3. The molecule has 208 valence electrons. The van der Waals surface area contributed by atoms with E-state index in [2.05, 4.69) is 5.32 Å². The van der Waals surface area contributed by atoms with Crippen molar-refractivity contribution >= 4 is 50.7 Å². The Morgan fingerprint density at radius 3 is 1.97 bits per heavy atom. The number of nitrogens with one attached hydrogen (secondary N) is 1. The standard InChI is InChI=1S/C29H33Cl2N3O4S/c1-4-27(29(36)32-18-21(2)3)33(19-22-10-12-23(30)13-11-22)28(35)20-34(25-16-14-24(31)15-17-25)39(37,38)26-8-6-5-7-9-26/h5-17,21,27H,4,18-20H2,1-3H3,(H,32,36). The Labute approximate surface area is 240 Å². The first-order valence-electron chi connectivity index (χ1n) is 12.7. The molecular weight excluding hydrogens is 557 g/mol. The molecule has 1 atom stereocenters. The summed E-state index contributed by atoms with van der Waals surface area (Å²) < 4.78 is 28.6. The van der Waals surface area contributed by atoms with Crippen LogP contribution in [-0.4, -0.2) is 44.3 Å². The second-order valence-corrected chi connectivity index (χ2v) is 12.2. The maximum Gasteiger partial charge on any atom is 0.264 e. The molecule has 39 heavy (non-hydrogen) atoms. The van der Waals surface area contributed by atoms with E-state index in [9.17, 15) is 18.0 Å². The lowest BCUT2D eigenvalue weighted by Gasteiger charge is -2.33. The van der Waals surface area contributed by atoms with Gasteiger partial charge in [-0.1, -0.05) is 74.3 Å². The van der Waals surface area contributed by atoms with Crippen LogP contribution in [0.1, 0.15) is 32.8 Å². The van der Waals surface area contributed by atoms with E-state index in [0.717, 1.165) is 9.87 Å². The van der Waals surface area contributed by atoms with E-state index >= 15 is 0 Å². The van der Waals surface area contributed by atoms with E-state index in [-0.39, 0.29) is 29.0 Å². The number of amides is 2. The summed E-state index contributed by atoms with van der Waals surface area (Å²) in [6.45, 7) is 5.83. The Morgan fingerprint density at radius 2 is 1.44 bits per heavy atom. The Hall–Kier alpha value is -3.07. The molecule has 0 saturated carbocycles. The van der Waals surface area contributed by atoms with Crippen LogP contribution in [0.4, 0.5) is 5.69 Å². The highest BCUT2D eigenvalue weighted by atomic mass is 35.5. The number of rotatable bonds is 12. The first-order chi connectivity index (χ1) is 18.5. The number of hydrogen-bond donors (Lipinski definition) is 1. The third kappa shape index (κ3) is 8.21. The van der Waals surface area contributed by atoms with Gasteiger partial charge in [0.05, 0.1) is 10.6 Å². The van der Waals surface area contributed by atoms with Crippen molar-refractivity contribution in [3.8, 4) is 0 Å². The monoisotopic (exact) mass is 589 g/mol. The Morgan fingerprint density at radius 1 is 0.872 bits per heavy atom. The van der Waals surface area contributed by atoms with Gasteiger partial charge in [-0.05, 0) is 66.4 Å². The number of hydrogen-bond acceptors (Lipinski definition) is 4. The largest absolute Gasteiger partial charge is 0.354 e. The van der Waals surface area contributed by atoms with Gasteiger partial charge in [-0.3, -0.25) is 13.9 Å². The Bertz CT molecular complexity index is 1350. The van der Waals surface area contributed by atoms with Crippen molar-refractivity contribution in [3.05, 3.63) is 94.5 Å². The van der Waals surface area contributed by atoms with Gasteiger partial charge < -0.3 is 10.2 Å². The number of carbonyl (C=O) groups excluding carboxylic acids is 2. The summed E-state index contributed by atoms with van der Waals surface area (Å²) in [4.78, 5) is 28.7. The maximum absolute atomic E-state index is 14.0. The molecule has 7 nitrogen and oxygen atoms in total. The summed E-state index contributed by atoms with van der Waals surface area (Å²) in [5.41, 5.74) is 1.03. The van der Waals surface area contributed by atoms with Crippen molar-refractivity contribution in [2.75, 3.05) is 17.4 Å². The maximum atomic E-state index is 14.0. The molecule has 0 aliphatic rings. The molecule has 0 bridgehead atoms. The molecule has 3 aromatic rings. The lowest BCUT2D eigenvalue weighted by molar-refractivity contribution is -0.140. The van der Waals surface area contributed by atoms with Crippen LogP contribution in [0, 0.1) is 5.92 Å². The zero-order chi connectivity index (χ0) is 28.6. The van der Waals surface area contributed by atoms with Gasteiger partial charge in [-0.2, -0.15) is 0 Å². The molecule has 0 heterocycles. The third-order valence-corrected chi connectivity index (χ3v) is 8.35. The molecule has 0 aliphatic carbocycles. The number of carbonyl (C=O) groups is 2. The van der Waals surface area contributed by atoms with Crippen LogP contribution in [0.2, 0.25) is 10.0 Å². The van der Waals surface area contributed by atoms with Crippen LogP contribution in [0.25, 0.3) is 0 Å². The average molecular weight is 591 g/mol. The molecule has 3 aromatic carbocycles. The number of halogens is 2. The lowest BCUT2D eigenvalue weighted by atomic mass is 10.1. The van der Waals surface area contributed by atoms with Crippen LogP contribution < -0.4 is 9.62 Å². The van der Waals surface area contributed by atoms with Crippen LogP contribution >= 0.6 is 23.2 Å². The summed E-state index contributed by atoms with van der Waals surface area (Å²) in [7, 11) is -4.12. The minimum Gasteiger partial charge on any atom is -0.354 e. The van der Waals surface area contributed by atoms with E-state index in [1.807, 2.05) is 20.8 Å². The summed E-state index contributed by atoms with van der Waals surface area (Å²) in [6.07, 6.45) is 0.343. The zero-order valence-corrected chi connectivity index (χ0v) is 24.5. The molecule has 0 aromatic heterocycles. The van der Waals surface area contributed by atoms with Gasteiger partial charge in [-0.25, -0.2) is 8.42 Å². The minimum atomic E-state index is -4.12. The van der Waals surface area contributed by atoms with Crippen molar-refractivity contribution in [2.45, 2.75) is 44.7 Å². The van der Waals surface area contributed by atoms with Crippen LogP contribution in [0.15, 0.2) is 83.8 Å². The quantitative estimate of drug-likeness (QED) is 0.290. The van der Waals surface area contributed by atoms with E-state index in [1.54, 1.807) is 66.7 Å². The fourth-order valence-corrected chi connectivity index (χ4v) is 5.67. The molecule has 0 spiro atoms. The molecule has 0 fully saturated rings. The van der Waals surface area contributed by atoms with E-state index in [1.165, 1.54) is 17.0 Å². The smallest absolute Gasteiger partial charge is 0.264 e. The topological polar surface area (TPSA) is 86.8 Å². The highest BCUT2D eigenvalue weighted by Crippen LogP contribution is 2.26. The SMILES string of the molecule is CCC(C(=O)NCC(C)C)N(Cc1ccc(Cl)cc1)C(=O)CN(c1ccc(Cl)cc1)S(=O)(=O)c1ccccc1. The summed E-state index contributed by atoms with van der Waals surface area (Å²) in [5, 5.41) is 3.88. The van der Waals surface area contributed by atoms with E-state index < -0.39 is 28.5 Å². The van der Waals surface area contributed by atoms with Gasteiger partial charge in [0.2, 0.25) is 11.8 Å². The van der Waals surface area contributed by atoms with Crippen LogP contribution in [0.3, 0.4) is 0 Å². The number of anilines is 1. The highest BCUT2D eigenvalue weighted by Gasteiger charge is 2.33. The molecule has 0 saturated heterocycles. The summed E-state index contributed by atoms with van der Waals surface area (Å²) in [6, 6.07) is 20.3. The molecule has 3 rings (SSSR count). The zero-order valence-electron chi connectivity index (χ0n) is 22.2. The van der Waals surface area contributed by atoms with Crippen molar-refractivity contribution in [3.63, 3.8) is 0 Å².